The van der Waals surface area contributed by atoms with E-state index in [1.807, 2.05) is 63.2 Å². The number of hydrogen-bond acceptors (Lipinski definition) is 2. The molecule has 30 heavy (non-hydrogen) atoms. The van der Waals surface area contributed by atoms with Crippen LogP contribution in [0.2, 0.25) is 0 Å². The second-order valence-corrected chi connectivity index (χ2v) is 7.42. The Kier molecular flexibility index (Phi) is 5.19. The summed E-state index contributed by atoms with van der Waals surface area (Å²) < 4.78 is 15.0. The number of carbonyl (C=O) groups is 1. The molecule has 4 nitrogen and oxygen atoms in total. The number of rotatable bonds is 4. The van der Waals surface area contributed by atoms with Gasteiger partial charge in [0.15, 0.2) is 0 Å². The summed E-state index contributed by atoms with van der Waals surface area (Å²) in [6.45, 7) is 6.04. The lowest BCUT2D eigenvalue weighted by Crippen LogP contribution is -2.17. The van der Waals surface area contributed by atoms with Crippen molar-refractivity contribution >= 4 is 11.6 Å². The number of amides is 1. The fourth-order valence-corrected chi connectivity index (χ4v) is 3.20. The molecule has 1 N–H and O–H groups in total. The molecule has 4 rings (SSSR count). The highest BCUT2D eigenvalue weighted by Gasteiger charge is 2.18. The second kappa shape index (κ2) is 7.95. The number of anilines is 1. The average Bonchev–Trinajstić information content (AvgIpc) is 3.17. The Hall–Kier alpha value is -3.73. The number of carbonyl (C=O) groups excluding carboxylic acids is 1. The molecule has 0 saturated carbocycles. The van der Waals surface area contributed by atoms with Crippen LogP contribution in [0.15, 0.2) is 72.8 Å². The smallest absolute Gasteiger partial charge is 0.274 e. The highest BCUT2D eigenvalue weighted by molar-refractivity contribution is 6.04. The average molecular weight is 399 g/mol. The van der Waals surface area contributed by atoms with Crippen molar-refractivity contribution in [3.63, 3.8) is 0 Å². The number of halogens is 1. The summed E-state index contributed by atoms with van der Waals surface area (Å²) in [7, 11) is 0. The van der Waals surface area contributed by atoms with Crippen molar-refractivity contribution in [3.8, 4) is 16.9 Å². The van der Waals surface area contributed by atoms with Gasteiger partial charge in [0.05, 0.1) is 11.4 Å². The zero-order valence-corrected chi connectivity index (χ0v) is 17.1. The van der Waals surface area contributed by atoms with E-state index in [1.165, 1.54) is 12.1 Å². The minimum atomic E-state index is -0.315. The first-order valence-corrected chi connectivity index (χ1v) is 9.72. The third-order valence-electron chi connectivity index (χ3n) is 5.13. The van der Waals surface area contributed by atoms with Gasteiger partial charge in [0, 0.05) is 11.3 Å². The van der Waals surface area contributed by atoms with Crippen LogP contribution in [0.25, 0.3) is 16.9 Å². The Balaban J connectivity index is 1.75. The van der Waals surface area contributed by atoms with Crippen LogP contribution < -0.4 is 5.32 Å². The third-order valence-corrected chi connectivity index (χ3v) is 5.13. The number of aryl methyl sites for hydroxylation is 3. The van der Waals surface area contributed by atoms with Gasteiger partial charge in [0.1, 0.15) is 11.5 Å². The van der Waals surface area contributed by atoms with E-state index in [1.54, 1.807) is 22.9 Å². The minimum Gasteiger partial charge on any atom is -0.321 e. The maximum Gasteiger partial charge on any atom is 0.274 e. The van der Waals surface area contributed by atoms with Gasteiger partial charge in [0.25, 0.3) is 5.91 Å². The topological polar surface area (TPSA) is 46.9 Å². The molecule has 0 saturated heterocycles. The Morgan fingerprint density at radius 3 is 2.23 bits per heavy atom. The Morgan fingerprint density at radius 1 is 0.867 bits per heavy atom. The first-order valence-electron chi connectivity index (χ1n) is 9.72. The van der Waals surface area contributed by atoms with Crippen LogP contribution >= 0.6 is 0 Å². The molecule has 0 unspecified atom stereocenters. The van der Waals surface area contributed by atoms with Crippen molar-refractivity contribution in [2.24, 2.45) is 0 Å². The van der Waals surface area contributed by atoms with Gasteiger partial charge >= 0.3 is 0 Å². The lowest BCUT2D eigenvalue weighted by atomic mass is 10.1. The second-order valence-electron chi connectivity index (χ2n) is 7.42. The highest BCUT2D eigenvalue weighted by atomic mass is 19.1. The van der Waals surface area contributed by atoms with E-state index in [2.05, 4.69) is 10.4 Å². The molecule has 1 heterocycles. The van der Waals surface area contributed by atoms with Gasteiger partial charge in [-0.25, -0.2) is 9.07 Å². The summed E-state index contributed by atoms with van der Waals surface area (Å²) in [5.41, 5.74) is 6.62. The number of aromatic nitrogens is 2. The van der Waals surface area contributed by atoms with Crippen molar-refractivity contribution in [1.29, 1.82) is 0 Å². The zero-order valence-electron chi connectivity index (χ0n) is 17.1. The van der Waals surface area contributed by atoms with Crippen LogP contribution in [0.5, 0.6) is 0 Å². The van der Waals surface area contributed by atoms with Crippen LogP contribution in [0, 0.1) is 26.6 Å². The molecule has 4 aromatic rings. The Bertz CT molecular complexity index is 1210. The van der Waals surface area contributed by atoms with Gasteiger partial charge in [0.2, 0.25) is 0 Å². The first kappa shape index (κ1) is 19.6. The number of nitrogens with one attached hydrogen (secondary N) is 1. The molecule has 0 aliphatic rings. The van der Waals surface area contributed by atoms with E-state index >= 15 is 0 Å². The van der Waals surface area contributed by atoms with Gasteiger partial charge in [-0.1, -0.05) is 23.8 Å². The summed E-state index contributed by atoms with van der Waals surface area (Å²) in [6, 6.07) is 21.4. The normalized spacial score (nSPS) is 10.8. The van der Waals surface area contributed by atoms with Gasteiger partial charge in [-0.2, -0.15) is 5.10 Å². The largest absolute Gasteiger partial charge is 0.321 e. The summed E-state index contributed by atoms with van der Waals surface area (Å²) >= 11 is 0. The molecular weight excluding hydrogens is 377 g/mol. The Labute approximate surface area is 175 Å². The van der Waals surface area contributed by atoms with Crippen molar-refractivity contribution in [3.05, 3.63) is 101 Å². The molecule has 0 radical (unpaired) electrons. The monoisotopic (exact) mass is 399 g/mol. The number of benzene rings is 3. The van der Waals surface area contributed by atoms with Crippen LogP contribution in [0.1, 0.15) is 27.2 Å². The quantitative estimate of drug-likeness (QED) is 0.467. The molecule has 3 aromatic carbocycles. The van der Waals surface area contributed by atoms with Crippen molar-refractivity contribution < 1.29 is 9.18 Å². The number of nitrogens with zero attached hydrogens (tertiary/aromatic N) is 2. The van der Waals surface area contributed by atoms with Crippen molar-refractivity contribution in [2.75, 3.05) is 5.32 Å². The van der Waals surface area contributed by atoms with Gasteiger partial charge in [-0.3, -0.25) is 4.79 Å². The molecular formula is C25H22FN3O. The maximum atomic E-state index is 13.3. The molecule has 0 atom stereocenters. The fourth-order valence-electron chi connectivity index (χ4n) is 3.20. The predicted octanol–water partition coefficient (Wildman–Crippen LogP) is 5.86. The Morgan fingerprint density at radius 2 is 1.57 bits per heavy atom. The first-order chi connectivity index (χ1) is 14.4. The lowest BCUT2D eigenvalue weighted by Gasteiger charge is -2.10. The van der Waals surface area contributed by atoms with Crippen LogP contribution in [-0.2, 0) is 0 Å². The molecule has 1 aromatic heterocycles. The summed E-state index contributed by atoms with van der Waals surface area (Å²) in [5, 5.41) is 7.60. The van der Waals surface area contributed by atoms with Gasteiger partial charge in [-0.05, 0) is 86.5 Å². The fraction of sp³-hybridized carbons (Fsp3) is 0.120. The van der Waals surface area contributed by atoms with Gasteiger partial charge in [-0.15, -0.1) is 0 Å². The van der Waals surface area contributed by atoms with E-state index in [-0.39, 0.29) is 11.7 Å². The molecule has 0 spiro atoms. The predicted molar refractivity (Wildman–Crippen MR) is 118 cm³/mol. The molecule has 5 heteroatoms. The summed E-state index contributed by atoms with van der Waals surface area (Å²) in [6.07, 6.45) is 0. The molecule has 0 fully saturated rings. The molecule has 0 aliphatic heterocycles. The lowest BCUT2D eigenvalue weighted by molar-refractivity contribution is 0.101. The van der Waals surface area contributed by atoms with Crippen molar-refractivity contribution in [1.82, 2.24) is 9.78 Å². The molecule has 0 bridgehead atoms. The number of hydrogen-bond donors (Lipinski definition) is 1. The molecule has 0 aliphatic carbocycles. The van der Waals surface area contributed by atoms with Gasteiger partial charge < -0.3 is 5.32 Å². The summed E-state index contributed by atoms with van der Waals surface area (Å²) in [5.74, 6) is -0.580. The maximum absolute atomic E-state index is 13.3. The van der Waals surface area contributed by atoms with E-state index in [0.29, 0.717) is 11.4 Å². The van der Waals surface area contributed by atoms with E-state index in [9.17, 15) is 9.18 Å². The zero-order chi connectivity index (χ0) is 21.3. The SMILES string of the molecule is Cc1ccc(-n2nc(-c3ccc(F)cc3)cc2C(=O)Nc2ccc(C)c(C)c2)cc1. The minimum absolute atomic E-state index is 0.264. The van der Waals surface area contributed by atoms with Crippen molar-refractivity contribution in [2.45, 2.75) is 20.8 Å². The summed E-state index contributed by atoms with van der Waals surface area (Å²) in [4.78, 5) is 13.1. The third kappa shape index (κ3) is 4.01. The molecule has 150 valence electrons. The van der Waals surface area contributed by atoms with Crippen LogP contribution in [-0.4, -0.2) is 15.7 Å². The van der Waals surface area contributed by atoms with E-state index in [4.69, 9.17) is 0 Å². The van der Waals surface area contributed by atoms with Crippen LogP contribution in [0.3, 0.4) is 0 Å². The standard InChI is InChI=1S/C25H22FN3O/c1-16-4-12-22(13-5-16)29-24(15-23(28-29)19-7-9-20(26)10-8-19)25(30)27-21-11-6-17(2)18(3)14-21/h4-15H,1-3H3,(H,27,30). The van der Waals surface area contributed by atoms with Crippen LogP contribution in [0.4, 0.5) is 10.1 Å². The highest BCUT2D eigenvalue weighted by Crippen LogP contribution is 2.24. The van der Waals surface area contributed by atoms with E-state index < -0.39 is 0 Å². The van der Waals surface area contributed by atoms with E-state index in [0.717, 1.165) is 33.6 Å². The molecule has 1 amide bonds.